The summed E-state index contributed by atoms with van der Waals surface area (Å²) in [4.78, 5) is 11.6. The third-order valence-electron chi connectivity index (χ3n) is 2.89. The summed E-state index contributed by atoms with van der Waals surface area (Å²) in [5.74, 6) is -0.0162. The Morgan fingerprint density at radius 3 is 2.90 bits per heavy atom. The van der Waals surface area contributed by atoms with Gasteiger partial charge in [0.2, 0.25) is 5.91 Å². The van der Waals surface area contributed by atoms with Gasteiger partial charge in [-0.15, -0.1) is 0 Å². The second-order valence-electron chi connectivity index (χ2n) is 4.98. The number of nitrogens with one attached hydrogen (secondary N) is 1. The standard InChI is InChI=1S/C15H20N4O/c1-12(16)8-15(20)17-10-13-4-2-5-14(9-13)11-19-7-3-6-18-19/h2-7,9,12H,8,10-11,16H2,1H3,(H,17,20). The second-order valence-corrected chi connectivity index (χ2v) is 4.98. The van der Waals surface area contributed by atoms with Gasteiger partial charge in [0.25, 0.3) is 0 Å². The minimum Gasteiger partial charge on any atom is -0.352 e. The van der Waals surface area contributed by atoms with Crippen molar-refractivity contribution in [1.82, 2.24) is 15.1 Å². The highest BCUT2D eigenvalue weighted by atomic mass is 16.1. The molecule has 1 aromatic carbocycles. The van der Waals surface area contributed by atoms with E-state index in [1.807, 2.05) is 36.0 Å². The summed E-state index contributed by atoms with van der Waals surface area (Å²) >= 11 is 0. The van der Waals surface area contributed by atoms with Gasteiger partial charge >= 0.3 is 0 Å². The van der Waals surface area contributed by atoms with Gasteiger partial charge in [-0.2, -0.15) is 5.10 Å². The van der Waals surface area contributed by atoms with E-state index in [0.29, 0.717) is 13.0 Å². The summed E-state index contributed by atoms with van der Waals surface area (Å²) < 4.78 is 1.87. The largest absolute Gasteiger partial charge is 0.352 e. The molecule has 1 unspecified atom stereocenters. The monoisotopic (exact) mass is 272 g/mol. The van der Waals surface area contributed by atoms with Crippen LogP contribution >= 0.6 is 0 Å². The number of aromatic nitrogens is 2. The van der Waals surface area contributed by atoms with Crippen molar-refractivity contribution in [2.75, 3.05) is 0 Å². The van der Waals surface area contributed by atoms with Crippen LogP contribution in [0.5, 0.6) is 0 Å². The molecule has 2 aromatic rings. The number of nitrogens with zero attached hydrogens (tertiary/aromatic N) is 2. The summed E-state index contributed by atoms with van der Waals surface area (Å²) in [6.07, 6.45) is 4.04. The van der Waals surface area contributed by atoms with Crippen molar-refractivity contribution in [2.24, 2.45) is 5.73 Å². The number of amides is 1. The molecule has 0 bridgehead atoms. The van der Waals surface area contributed by atoms with E-state index in [2.05, 4.69) is 22.5 Å². The molecular formula is C15H20N4O. The number of nitrogens with two attached hydrogens (primary N) is 1. The van der Waals surface area contributed by atoms with Gasteiger partial charge in [0.1, 0.15) is 0 Å². The van der Waals surface area contributed by atoms with Crippen molar-refractivity contribution in [3.8, 4) is 0 Å². The van der Waals surface area contributed by atoms with Crippen LogP contribution in [0.15, 0.2) is 42.7 Å². The Hall–Kier alpha value is -2.14. The van der Waals surface area contributed by atoms with Crippen LogP contribution in [-0.2, 0) is 17.9 Å². The zero-order valence-electron chi connectivity index (χ0n) is 11.6. The van der Waals surface area contributed by atoms with Crippen LogP contribution < -0.4 is 11.1 Å². The molecule has 5 heteroatoms. The third-order valence-corrected chi connectivity index (χ3v) is 2.89. The Morgan fingerprint density at radius 1 is 1.40 bits per heavy atom. The van der Waals surface area contributed by atoms with Crippen molar-refractivity contribution in [3.63, 3.8) is 0 Å². The summed E-state index contributed by atoms with van der Waals surface area (Å²) in [5, 5.41) is 7.06. The predicted molar refractivity (Wildman–Crippen MR) is 77.9 cm³/mol. The molecule has 0 saturated carbocycles. The Balaban J connectivity index is 1.91. The van der Waals surface area contributed by atoms with Crippen molar-refractivity contribution in [3.05, 3.63) is 53.9 Å². The first-order valence-corrected chi connectivity index (χ1v) is 6.71. The van der Waals surface area contributed by atoms with Crippen LogP contribution in [0.3, 0.4) is 0 Å². The molecule has 0 fully saturated rings. The lowest BCUT2D eigenvalue weighted by atomic mass is 10.1. The molecule has 20 heavy (non-hydrogen) atoms. The highest BCUT2D eigenvalue weighted by Gasteiger charge is 2.05. The molecule has 106 valence electrons. The molecule has 0 aliphatic heterocycles. The second kappa shape index (κ2) is 6.86. The summed E-state index contributed by atoms with van der Waals surface area (Å²) in [7, 11) is 0. The van der Waals surface area contributed by atoms with Crippen molar-refractivity contribution in [2.45, 2.75) is 32.5 Å². The number of hydrogen-bond acceptors (Lipinski definition) is 3. The minimum atomic E-state index is -0.110. The van der Waals surface area contributed by atoms with Gasteiger partial charge in [0.05, 0.1) is 6.54 Å². The molecule has 3 N–H and O–H groups in total. The highest BCUT2D eigenvalue weighted by molar-refractivity contribution is 5.76. The van der Waals surface area contributed by atoms with Crippen LogP contribution in [-0.4, -0.2) is 21.7 Å². The van der Waals surface area contributed by atoms with E-state index < -0.39 is 0 Å². The first-order valence-electron chi connectivity index (χ1n) is 6.71. The Morgan fingerprint density at radius 2 is 2.20 bits per heavy atom. The number of rotatable bonds is 6. The molecule has 1 amide bonds. The predicted octanol–water partition coefficient (Wildman–Crippen LogP) is 1.28. The number of benzene rings is 1. The molecule has 0 radical (unpaired) electrons. The van der Waals surface area contributed by atoms with E-state index in [1.54, 1.807) is 6.20 Å². The van der Waals surface area contributed by atoms with Crippen LogP contribution in [0.4, 0.5) is 0 Å². The van der Waals surface area contributed by atoms with E-state index in [4.69, 9.17) is 5.73 Å². The normalized spacial score (nSPS) is 12.1. The number of hydrogen-bond donors (Lipinski definition) is 2. The molecule has 0 aliphatic carbocycles. The number of carbonyl (C=O) groups excluding carboxylic acids is 1. The zero-order valence-corrected chi connectivity index (χ0v) is 11.6. The van der Waals surface area contributed by atoms with Gasteiger partial charge in [-0.1, -0.05) is 24.3 Å². The molecule has 5 nitrogen and oxygen atoms in total. The van der Waals surface area contributed by atoms with Crippen LogP contribution in [0.25, 0.3) is 0 Å². The molecule has 1 atom stereocenters. The fourth-order valence-corrected chi connectivity index (χ4v) is 1.98. The molecular weight excluding hydrogens is 252 g/mol. The van der Waals surface area contributed by atoms with E-state index in [9.17, 15) is 4.79 Å². The molecule has 1 heterocycles. The van der Waals surface area contributed by atoms with Crippen molar-refractivity contribution >= 4 is 5.91 Å². The van der Waals surface area contributed by atoms with Gasteiger partial charge in [0, 0.05) is 31.4 Å². The maximum atomic E-state index is 11.6. The van der Waals surface area contributed by atoms with Crippen LogP contribution in [0, 0.1) is 0 Å². The average molecular weight is 272 g/mol. The molecule has 0 saturated heterocycles. The lowest BCUT2D eigenvalue weighted by Crippen LogP contribution is -2.29. The Bertz CT molecular complexity index is 549. The first kappa shape index (κ1) is 14.3. The van der Waals surface area contributed by atoms with E-state index in [1.165, 1.54) is 0 Å². The van der Waals surface area contributed by atoms with Crippen molar-refractivity contribution < 1.29 is 4.79 Å². The fraction of sp³-hybridized carbons (Fsp3) is 0.333. The smallest absolute Gasteiger partial charge is 0.221 e. The quantitative estimate of drug-likeness (QED) is 0.832. The Kier molecular flexibility index (Phi) is 4.90. The molecule has 2 rings (SSSR count). The van der Waals surface area contributed by atoms with Gasteiger partial charge in [-0.05, 0) is 24.1 Å². The first-order chi connectivity index (χ1) is 9.63. The van der Waals surface area contributed by atoms with E-state index in [0.717, 1.165) is 17.7 Å². The SMILES string of the molecule is CC(N)CC(=O)NCc1cccc(Cn2cccn2)c1. The average Bonchev–Trinajstić information content (AvgIpc) is 2.89. The molecule has 1 aromatic heterocycles. The maximum Gasteiger partial charge on any atom is 0.221 e. The van der Waals surface area contributed by atoms with E-state index >= 15 is 0 Å². The molecule has 0 spiro atoms. The highest BCUT2D eigenvalue weighted by Crippen LogP contribution is 2.07. The minimum absolute atomic E-state index is 0.0162. The van der Waals surface area contributed by atoms with Gasteiger partial charge in [-0.3, -0.25) is 9.48 Å². The van der Waals surface area contributed by atoms with Gasteiger partial charge in [0.15, 0.2) is 0 Å². The Labute approximate surface area is 118 Å². The third kappa shape index (κ3) is 4.51. The number of carbonyl (C=O) groups is 1. The summed E-state index contributed by atoms with van der Waals surface area (Å²) in [6, 6.07) is 9.91. The topological polar surface area (TPSA) is 72.9 Å². The lowest BCUT2D eigenvalue weighted by molar-refractivity contribution is -0.121. The fourth-order valence-electron chi connectivity index (χ4n) is 1.98. The van der Waals surface area contributed by atoms with Gasteiger partial charge in [-0.25, -0.2) is 0 Å². The van der Waals surface area contributed by atoms with Crippen molar-refractivity contribution in [1.29, 1.82) is 0 Å². The lowest BCUT2D eigenvalue weighted by Gasteiger charge is -2.09. The molecule has 0 aliphatic rings. The van der Waals surface area contributed by atoms with E-state index in [-0.39, 0.29) is 11.9 Å². The van der Waals surface area contributed by atoms with Crippen LogP contribution in [0.2, 0.25) is 0 Å². The zero-order chi connectivity index (χ0) is 14.4. The van der Waals surface area contributed by atoms with Gasteiger partial charge < -0.3 is 11.1 Å². The summed E-state index contributed by atoms with van der Waals surface area (Å²) in [6.45, 7) is 3.08. The van der Waals surface area contributed by atoms with Crippen LogP contribution in [0.1, 0.15) is 24.5 Å². The summed E-state index contributed by atoms with van der Waals surface area (Å²) in [5.41, 5.74) is 7.83. The maximum absolute atomic E-state index is 11.6.